The molecular formula is C16H15F3N6. The summed E-state index contributed by atoms with van der Waals surface area (Å²) < 4.78 is 39.5. The lowest BCUT2D eigenvalue weighted by Gasteiger charge is -2.18. The third kappa shape index (κ3) is 3.44. The Labute approximate surface area is 141 Å². The number of aromatic nitrogens is 5. The molecule has 0 aromatic carbocycles. The Morgan fingerprint density at radius 3 is 2.76 bits per heavy atom. The van der Waals surface area contributed by atoms with Crippen molar-refractivity contribution in [1.82, 2.24) is 24.6 Å². The van der Waals surface area contributed by atoms with Crippen molar-refractivity contribution in [2.24, 2.45) is 0 Å². The van der Waals surface area contributed by atoms with E-state index in [1.807, 2.05) is 12.1 Å². The van der Waals surface area contributed by atoms with Crippen molar-refractivity contribution in [3.63, 3.8) is 0 Å². The van der Waals surface area contributed by atoms with Crippen molar-refractivity contribution < 1.29 is 13.2 Å². The van der Waals surface area contributed by atoms with Gasteiger partial charge in [0.05, 0.1) is 5.69 Å². The summed E-state index contributed by atoms with van der Waals surface area (Å²) in [6, 6.07) is 1.89. The van der Waals surface area contributed by atoms with E-state index in [9.17, 15) is 13.2 Å². The van der Waals surface area contributed by atoms with Crippen LogP contribution in [-0.2, 0) is 0 Å². The molecule has 3 aromatic rings. The van der Waals surface area contributed by atoms with Crippen molar-refractivity contribution in [2.45, 2.75) is 26.1 Å². The molecule has 0 aliphatic rings. The molecule has 1 unspecified atom stereocenters. The molecule has 3 rings (SSSR count). The molecule has 25 heavy (non-hydrogen) atoms. The lowest BCUT2D eigenvalue weighted by Crippen LogP contribution is -2.33. The fraction of sp³-hybridized carbons (Fsp3) is 0.250. The van der Waals surface area contributed by atoms with Crippen molar-refractivity contribution in [2.75, 3.05) is 5.32 Å². The highest BCUT2D eigenvalue weighted by Crippen LogP contribution is 2.26. The van der Waals surface area contributed by atoms with Crippen LogP contribution in [0, 0.1) is 6.92 Å². The number of pyridine rings is 1. The maximum absolute atomic E-state index is 12.6. The van der Waals surface area contributed by atoms with Crippen LogP contribution >= 0.6 is 0 Å². The van der Waals surface area contributed by atoms with E-state index in [1.54, 1.807) is 17.6 Å². The number of anilines is 1. The number of alkyl halides is 3. The topological polar surface area (TPSA) is 68.0 Å². The van der Waals surface area contributed by atoms with Gasteiger partial charge in [-0.05, 0) is 37.1 Å². The Hall–Kier alpha value is -2.97. The maximum Gasteiger partial charge on any atom is 0.408 e. The Bertz CT molecular complexity index is 931. The van der Waals surface area contributed by atoms with Gasteiger partial charge in [-0.15, -0.1) is 0 Å². The van der Waals surface area contributed by atoms with Crippen molar-refractivity contribution in [3.05, 3.63) is 54.3 Å². The zero-order chi connectivity index (χ0) is 18.2. The van der Waals surface area contributed by atoms with Crippen LogP contribution in [0.1, 0.15) is 23.7 Å². The number of aryl methyl sites for hydroxylation is 1. The number of halogens is 3. The van der Waals surface area contributed by atoms with E-state index >= 15 is 0 Å². The first kappa shape index (κ1) is 16.9. The Morgan fingerprint density at radius 2 is 2.08 bits per heavy atom. The summed E-state index contributed by atoms with van der Waals surface area (Å²) in [6.07, 6.45) is 0.287. The molecule has 1 N–H and O–H groups in total. The van der Waals surface area contributed by atoms with Crippen LogP contribution < -0.4 is 5.32 Å². The smallest absolute Gasteiger partial charge is 0.343 e. The molecule has 0 fully saturated rings. The number of fused-ring (bicyclic) bond motifs is 1. The van der Waals surface area contributed by atoms with Crippen LogP contribution in [0.25, 0.3) is 11.2 Å². The van der Waals surface area contributed by atoms with Gasteiger partial charge in [0.2, 0.25) is 5.95 Å². The number of hydrogen-bond donors (Lipinski definition) is 1. The van der Waals surface area contributed by atoms with E-state index < -0.39 is 12.2 Å². The lowest BCUT2D eigenvalue weighted by molar-refractivity contribution is -0.138. The van der Waals surface area contributed by atoms with Gasteiger partial charge in [-0.25, -0.2) is 19.5 Å². The monoisotopic (exact) mass is 348 g/mol. The lowest BCUT2D eigenvalue weighted by atomic mass is 10.0. The summed E-state index contributed by atoms with van der Waals surface area (Å²) in [7, 11) is 0. The molecule has 0 saturated carbocycles. The predicted octanol–water partition coefficient (Wildman–Crippen LogP) is 3.25. The molecular weight excluding hydrogens is 333 g/mol. The zero-order valence-electron chi connectivity index (χ0n) is 13.5. The minimum absolute atomic E-state index is 0.0771. The first-order valence-electron chi connectivity index (χ1n) is 7.41. The summed E-state index contributed by atoms with van der Waals surface area (Å²) in [5.41, 5.74) is 3.29. The number of hydrogen-bond acceptors (Lipinski definition) is 5. The number of nitrogens with one attached hydrogen (secondary N) is 1. The van der Waals surface area contributed by atoms with E-state index in [0.29, 0.717) is 22.5 Å². The van der Waals surface area contributed by atoms with Crippen LogP contribution in [0.3, 0.4) is 0 Å². The van der Waals surface area contributed by atoms with Gasteiger partial charge in [-0.2, -0.15) is 18.3 Å². The highest BCUT2D eigenvalue weighted by atomic mass is 19.4. The van der Waals surface area contributed by atoms with Crippen molar-refractivity contribution in [1.29, 1.82) is 0 Å². The van der Waals surface area contributed by atoms with Crippen LogP contribution in [0.5, 0.6) is 0 Å². The molecule has 0 bridgehead atoms. The van der Waals surface area contributed by atoms with Gasteiger partial charge < -0.3 is 5.32 Å². The van der Waals surface area contributed by atoms with E-state index in [2.05, 4.69) is 31.9 Å². The number of nitrogens with zero attached hydrogens (tertiary/aromatic N) is 5. The van der Waals surface area contributed by atoms with Gasteiger partial charge in [0.25, 0.3) is 0 Å². The molecule has 0 spiro atoms. The number of rotatable bonds is 4. The van der Waals surface area contributed by atoms with Gasteiger partial charge in [0.15, 0.2) is 5.65 Å². The summed E-state index contributed by atoms with van der Waals surface area (Å²) in [4.78, 5) is 12.2. The van der Waals surface area contributed by atoms with E-state index in [4.69, 9.17) is 0 Å². The molecule has 9 heteroatoms. The largest absolute Gasteiger partial charge is 0.408 e. The van der Waals surface area contributed by atoms with Crippen LogP contribution in [-0.4, -0.2) is 36.8 Å². The van der Waals surface area contributed by atoms with Gasteiger partial charge in [-0.1, -0.05) is 6.58 Å². The minimum Gasteiger partial charge on any atom is -0.343 e. The quantitative estimate of drug-likeness (QED) is 0.784. The standard InChI is InChI=1S/C16H15F3N6/c1-9(12-4-5-25-14(6-12)21-8-22-25)13-7-20-15(23-10(13)2)24-11(3)16(17,18)19/h4-8,11H,1H2,2-3H3,(H,20,23,24). The van der Waals surface area contributed by atoms with Crippen molar-refractivity contribution >= 4 is 17.2 Å². The summed E-state index contributed by atoms with van der Waals surface area (Å²) in [6.45, 7) is 6.75. The van der Waals surface area contributed by atoms with Gasteiger partial charge >= 0.3 is 6.18 Å². The first-order valence-corrected chi connectivity index (χ1v) is 7.41. The molecule has 0 amide bonds. The third-order valence-electron chi connectivity index (χ3n) is 3.77. The molecule has 6 nitrogen and oxygen atoms in total. The van der Waals surface area contributed by atoms with E-state index in [-0.39, 0.29) is 5.95 Å². The van der Waals surface area contributed by atoms with Crippen LogP contribution in [0.2, 0.25) is 0 Å². The molecule has 3 aromatic heterocycles. The maximum atomic E-state index is 12.6. The highest BCUT2D eigenvalue weighted by Gasteiger charge is 2.36. The highest BCUT2D eigenvalue weighted by molar-refractivity contribution is 5.80. The Morgan fingerprint density at radius 1 is 1.32 bits per heavy atom. The van der Waals surface area contributed by atoms with Gasteiger partial charge in [-0.3, -0.25) is 0 Å². The molecule has 0 radical (unpaired) electrons. The fourth-order valence-electron chi connectivity index (χ4n) is 2.27. The Balaban J connectivity index is 1.86. The summed E-state index contributed by atoms with van der Waals surface area (Å²) >= 11 is 0. The summed E-state index contributed by atoms with van der Waals surface area (Å²) in [5, 5.41) is 6.27. The predicted molar refractivity (Wildman–Crippen MR) is 87.0 cm³/mol. The molecule has 1 atom stereocenters. The second-order valence-electron chi connectivity index (χ2n) is 5.56. The molecule has 0 aliphatic carbocycles. The average molecular weight is 348 g/mol. The molecule has 3 heterocycles. The van der Waals surface area contributed by atoms with Gasteiger partial charge in [0.1, 0.15) is 12.4 Å². The normalized spacial score (nSPS) is 13.0. The SMILES string of the molecule is C=C(c1ccn2ncnc2c1)c1cnc(NC(C)C(F)(F)F)nc1C. The molecule has 0 aliphatic heterocycles. The zero-order valence-corrected chi connectivity index (χ0v) is 13.5. The van der Waals surface area contributed by atoms with Crippen LogP contribution in [0.15, 0.2) is 37.4 Å². The minimum atomic E-state index is -4.37. The van der Waals surface area contributed by atoms with E-state index in [1.165, 1.54) is 12.5 Å². The molecule has 0 saturated heterocycles. The van der Waals surface area contributed by atoms with Crippen molar-refractivity contribution in [3.8, 4) is 0 Å². The second kappa shape index (κ2) is 6.15. The third-order valence-corrected chi connectivity index (χ3v) is 3.77. The fourth-order valence-corrected chi connectivity index (χ4v) is 2.27. The van der Waals surface area contributed by atoms with Crippen LogP contribution in [0.4, 0.5) is 19.1 Å². The first-order chi connectivity index (χ1) is 11.8. The second-order valence-corrected chi connectivity index (χ2v) is 5.56. The van der Waals surface area contributed by atoms with E-state index in [0.717, 1.165) is 12.5 Å². The average Bonchev–Trinajstić information content (AvgIpc) is 3.01. The summed E-state index contributed by atoms with van der Waals surface area (Å²) in [5.74, 6) is -0.0771. The Kier molecular flexibility index (Phi) is 4.15. The molecule has 130 valence electrons. The van der Waals surface area contributed by atoms with Gasteiger partial charge in [0, 0.05) is 18.0 Å².